The number of likely N-dealkylation sites (N-methyl/N-ethyl adjacent to an activating group) is 1. The maximum Gasteiger partial charge on any atom is 0.471 e. The van der Waals surface area contributed by atoms with E-state index < -0.39 is 12.1 Å². The van der Waals surface area contributed by atoms with Gasteiger partial charge in [-0.3, -0.25) is 4.79 Å². The van der Waals surface area contributed by atoms with Crippen molar-refractivity contribution in [3.63, 3.8) is 0 Å². The van der Waals surface area contributed by atoms with E-state index in [1.165, 1.54) is 4.90 Å². The minimum absolute atomic E-state index is 0.0914. The van der Waals surface area contributed by atoms with Crippen LogP contribution in [0.15, 0.2) is 0 Å². The lowest BCUT2D eigenvalue weighted by Crippen LogP contribution is -2.38. The van der Waals surface area contributed by atoms with Gasteiger partial charge in [0.15, 0.2) is 0 Å². The van der Waals surface area contributed by atoms with Gasteiger partial charge in [0.2, 0.25) is 0 Å². The van der Waals surface area contributed by atoms with Gasteiger partial charge in [-0.05, 0) is 6.42 Å². The number of rotatable bonds is 4. The number of halogens is 3. The lowest BCUT2D eigenvalue weighted by Gasteiger charge is -2.16. The zero-order valence-corrected chi connectivity index (χ0v) is 9.38. The highest BCUT2D eigenvalue weighted by atomic mass is 19.4. The largest absolute Gasteiger partial charge is 0.471 e. The molecule has 0 aromatic heterocycles. The van der Waals surface area contributed by atoms with Gasteiger partial charge in [-0.15, -0.1) is 0 Å². The molecule has 1 aliphatic heterocycles. The van der Waals surface area contributed by atoms with Gasteiger partial charge in [-0.1, -0.05) is 0 Å². The second-order valence-electron chi connectivity index (χ2n) is 3.80. The summed E-state index contributed by atoms with van der Waals surface area (Å²) in [7, 11) is 1.66. The van der Waals surface area contributed by atoms with E-state index in [1.54, 1.807) is 17.3 Å². The predicted octanol–water partition coefficient (Wildman–Crippen LogP) is 0.422. The molecule has 1 fully saturated rings. The third-order valence-corrected chi connectivity index (χ3v) is 2.45. The lowest BCUT2D eigenvalue weighted by atomic mass is 10.4. The molecule has 3 amide bonds. The number of nitrogens with one attached hydrogen (secondary N) is 1. The Labute approximate surface area is 96.5 Å². The predicted molar refractivity (Wildman–Crippen MR) is 53.3 cm³/mol. The number of alkyl halides is 3. The first-order valence-electron chi connectivity index (χ1n) is 5.17. The monoisotopic (exact) mass is 253 g/mol. The van der Waals surface area contributed by atoms with E-state index in [1.807, 2.05) is 0 Å². The second kappa shape index (κ2) is 5.24. The van der Waals surface area contributed by atoms with Crippen LogP contribution in [-0.4, -0.2) is 61.1 Å². The molecule has 8 heteroatoms. The highest BCUT2D eigenvalue weighted by Gasteiger charge is 2.38. The fourth-order valence-electron chi connectivity index (χ4n) is 1.48. The zero-order valence-electron chi connectivity index (χ0n) is 9.38. The van der Waals surface area contributed by atoms with Gasteiger partial charge in [0.1, 0.15) is 0 Å². The maximum atomic E-state index is 11.8. The van der Waals surface area contributed by atoms with Crippen LogP contribution < -0.4 is 5.32 Å². The van der Waals surface area contributed by atoms with Gasteiger partial charge in [0.25, 0.3) is 0 Å². The lowest BCUT2D eigenvalue weighted by molar-refractivity contribution is -0.173. The van der Waals surface area contributed by atoms with Crippen LogP contribution in [-0.2, 0) is 4.79 Å². The summed E-state index contributed by atoms with van der Waals surface area (Å²) in [5.41, 5.74) is 0. The molecule has 0 spiro atoms. The molecule has 0 atom stereocenters. The number of urea groups is 1. The van der Waals surface area contributed by atoms with Crippen molar-refractivity contribution < 1.29 is 22.8 Å². The smallest absolute Gasteiger partial charge is 0.348 e. The number of carbonyl (C=O) groups is 2. The average molecular weight is 253 g/mol. The molecular weight excluding hydrogens is 239 g/mol. The Hall–Kier alpha value is -1.47. The first-order chi connectivity index (χ1) is 7.82. The molecule has 1 rings (SSSR count). The fraction of sp³-hybridized carbons (Fsp3) is 0.778. The van der Waals surface area contributed by atoms with Crippen molar-refractivity contribution in [2.75, 3.05) is 33.2 Å². The average Bonchev–Trinajstić information content (AvgIpc) is 2.54. The van der Waals surface area contributed by atoms with Crippen molar-refractivity contribution in [3.8, 4) is 0 Å². The number of nitrogens with zero attached hydrogens (tertiary/aromatic N) is 2. The van der Waals surface area contributed by atoms with Crippen molar-refractivity contribution in [1.29, 1.82) is 0 Å². The van der Waals surface area contributed by atoms with E-state index in [-0.39, 0.29) is 12.6 Å². The molecule has 0 aromatic rings. The van der Waals surface area contributed by atoms with E-state index in [0.29, 0.717) is 26.1 Å². The molecular formula is C9H14F3N3O2. The molecule has 0 radical (unpaired) electrons. The highest BCUT2D eigenvalue weighted by molar-refractivity contribution is 5.81. The third-order valence-electron chi connectivity index (χ3n) is 2.45. The Morgan fingerprint density at radius 2 is 2.06 bits per heavy atom. The molecule has 1 saturated heterocycles. The van der Waals surface area contributed by atoms with Gasteiger partial charge in [0, 0.05) is 33.2 Å². The summed E-state index contributed by atoms with van der Waals surface area (Å²) in [6, 6.07) is -0.132. The summed E-state index contributed by atoms with van der Waals surface area (Å²) in [4.78, 5) is 24.9. The molecule has 0 bridgehead atoms. The van der Waals surface area contributed by atoms with Crippen LogP contribution in [0.25, 0.3) is 0 Å². The van der Waals surface area contributed by atoms with Gasteiger partial charge in [-0.25, -0.2) is 4.79 Å². The van der Waals surface area contributed by atoms with Crippen molar-refractivity contribution in [2.24, 2.45) is 0 Å². The SMILES string of the molecule is CN1CCN(CCCNC(=O)C(F)(F)F)C1=O. The summed E-state index contributed by atoms with van der Waals surface area (Å²) in [5, 5.41) is 1.76. The molecule has 0 saturated carbocycles. The first-order valence-corrected chi connectivity index (χ1v) is 5.17. The third kappa shape index (κ3) is 3.79. The van der Waals surface area contributed by atoms with Crippen LogP contribution in [0, 0.1) is 0 Å². The number of carbonyl (C=O) groups excluding carboxylic acids is 2. The summed E-state index contributed by atoms with van der Waals surface area (Å²) < 4.78 is 35.4. The molecule has 1 N–H and O–H groups in total. The minimum Gasteiger partial charge on any atom is -0.348 e. The Bertz CT molecular complexity index is 306. The number of hydrogen-bond donors (Lipinski definition) is 1. The summed E-state index contributed by atoms with van der Waals surface area (Å²) >= 11 is 0. The Morgan fingerprint density at radius 3 is 2.53 bits per heavy atom. The number of amides is 3. The van der Waals surface area contributed by atoms with E-state index in [0.717, 1.165) is 0 Å². The number of hydrogen-bond acceptors (Lipinski definition) is 2. The van der Waals surface area contributed by atoms with Gasteiger partial charge in [-0.2, -0.15) is 13.2 Å². The quantitative estimate of drug-likeness (QED) is 0.738. The van der Waals surface area contributed by atoms with Crippen LogP contribution in [0.3, 0.4) is 0 Å². The molecule has 0 aliphatic carbocycles. The van der Waals surface area contributed by atoms with Crippen LogP contribution in [0.4, 0.5) is 18.0 Å². The van der Waals surface area contributed by atoms with E-state index in [9.17, 15) is 22.8 Å². The topological polar surface area (TPSA) is 52.6 Å². The van der Waals surface area contributed by atoms with Crippen LogP contribution >= 0.6 is 0 Å². The fourth-order valence-corrected chi connectivity index (χ4v) is 1.48. The molecule has 1 heterocycles. The zero-order chi connectivity index (χ0) is 13.1. The van der Waals surface area contributed by atoms with Crippen LogP contribution in [0.5, 0.6) is 0 Å². The molecule has 17 heavy (non-hydrogen) atoms. The molecule has 0 aromatic carbocycles. The molecule has 5 nitrogen and oxygen atoms in total. The Morgan fingerprint density at radius 1 is 1.41 bits per heavy atom. The minimum atomic E-state index is -4.84. The summed E-state index contributed by atoms with van der Waals surface area (Å²) in [6.45, 7) is 1.45. The van der Waals surface area contributed by atoms with Crippen molar-refractivity contribution in [1.82, 2.24) is 15.1 Å². The molecule has 0 unspecified atom stereocenters. The Kier molecular flexibility index (Phi) is 4.19. The van der Waals surface area contributed by atoms with Gasteiger partial charge in [0.05, 0.1) is 0 Å². The highest BCUT2D eigenvalue weighted by Crippen LogP contribution is 2.14. The van der Waals surface area contributed by atoms with E-state index >= 15 is 0 Å². The van der Waals surface area contributed by atoms with E-state index in [4.69, 9.17) is 0 Å². The van der Waals surface area contributed by atoms with Crippen LogP contribution in [0.1, 0.15) is 6.42 Å². The van der Waals surface area contributed by atoms with Gasteiger partial charge >= 0.3 is 18.1 Å². The van der Waals surface area contributed by atoms with E-state index in [2.05, 4.69) is 0 Å². The molecule has 98 valence electrons. The normalized spacial score (nSPS) is 16.6. The standard InChI is InChI=1S/C9H14F3N3O2/c1-14-5-6-15(8(14)17)4-2-3-13-7(16)9(10,11)12/h2-6H2,1H3,(H,13,16). The first kappa shape index (κ1) is 13.6. The second-order valence-corrected chi connectivity index (χ2v) is 3.80. The van der Waals surface area contributed by atoms with Crippen molar-refractivity contribution >= 4 is 11.9 Å². The Balaban J connectivity index is 2.17. The summed E-state index contributed by atoms with van der Waals surface area (Å²) in [5.74, 6) is -1.94. The van der Waals surface area contributed by atoms with Gasteiger partial charge < -0.3 is 15.1 Å². The molecule has 1 aliphatic rings. The van der Waals surface area contributed by atoms with Crippen molar-refractivity contribution in [3.05, 3.63) is 0 Å². The van der Waals surface area contributed by atoms with Crippen LogP contribution in [0.2, 0.25) is 0 Å². The summed E-state index contributed by atoms with van der Waals surface area (Å²) in [6.07, 6.45) is -4.54. The maximum absolute atomic E-state index is 11.8. The van der Waals surface area contributed by atoms with Crippen molar-refractivity contribution in [2.45, 2.75) is 12.6 Å².